The van der Waals surface area contributed by atoms with Crippen LogP contribution in [0.1, 0.15) is 49.9 Å². The van der Waals surface area contributed by atoms with E-state index in [-0.39, 0.29) is 43.6 Å². The first-order valence-electron chi connectivity index (χ1n) is 15.9. The second kappa shape index (κ2) is 15.7. The lowest BCUT2D eigenvalue weighted by atomic mass is 9.72. The van der Waals surface area contributed by atoms with Crippen molar-refractivity contribution in [1.29, 1.82) is 0 Å². The minimum Gasteiger partial charge on any atom is -0.534 e. The second-order valence-corrected chi connectivity index (χ2v) is 12.0. The number of fused-ring (bicyclic) bond motifs is 1. The summed E-state index contributed by atoms with van der Waals surface area (Å²) in [6.45, 7) is 0.292. The summed E-state index contributed by atoms with van der Waals surface area (Å²) in [6, 6.07) is 0.268. The lowest BCUT2D eigenvalue weighted by Crippen LogP contribution is -2.60. The van der Waals surface area contributed by atoms with E-state index >= 15 is 0 Å². The number of nitrogens with one attached hydrogen (secondary N) is 3. The van der Waals surface area contributed by atoms with Crippen LogP contribution in [0.4, 0.5) is 22.4 Å². The number of halogens is 4. The molecule has 5 rings (SSSR count). The van der Waals surface area contributed by atoms with E-state index < -0.39 is 119 Å². The summed E-state index contributed by atoms with van der Waals surface area (Å²) in [5, 5.41) is 47.1. The van der Waals surface area contributed by atoms with Crippen LogP contribution >= 0.6 is 0 Å². The fraction of sp³-hybridized carbons (Fsp3) is 0.281. The third-order valence-electron chi connectivity index (χ3n) is 8.65. The molecule has 1 fully saturated rings. The van der Waals surface area contributed by atoms with Gasteiger partial charge in [0.05, 0.1) is 11.5 Å². The van der Waals surface area contributed by atoms with E-state index in [1.54, 1.807) is 0 Å². The molecular weight excluding hydrogens is 731 g/mol. The van der Waals surface area contributed by atoms with E-state index in [0.29, 0.717) is 11.0 Å². The molecule has 284 valence electrons. The van der Waals surface area contributed by atoms with E-state index in [4.69, 9.17) is 4.65 Å². The van der Waals surface area contributed by atoms with Crippen molar-refractivity contribution < 1.29 is 71.3 Å². The molecule has 0 aliphatic carbocycles. The van der Waals surface area contributed by atoms with Gasteiger partial charge in [0.15, 0.2) is 23.1 Å². The average molecular weight is 760 g/mol. The number of imide groups is 1. The molecule has 0 radical (unpaired) electrons. The summed E-state index contributed by atoms with van der Waals surface area (Å²) in [5.74, 6) is -15.9. The molecule has 22 heteroatoms. The first-order chi connectivity index (χ1) is 25.5. The van der Waals surface area contributed by atoms with Crippen LogP contribution in [0.25, 0.3) is 0 Å². The van der Waals surface area contributed by atoms with Crippen LogP contribution in [-0.2, 0) is 20.8 Å². The quantitative estimate of drug-likeness (QED) is 0.0372. The Balaban J connectivity index is 1.28. The number of carbonyl (C=O) groups is 6. The summed E-state index contributed by atoms with van der Waals surface area (Å²) in [7, 11) is -1.97. The predicted molar refractivity (Wildman–Crippen MR) is 173 cm³/mol. The van der Waals surface area contributed by atoms with E-state index in [9.17, 15) is 66.7 Å². The minimum absolute atomic E-state index is 0.0529. The van der Waals surface area contributed by atoms with Crippen molar-refractivity contribution in [3.8, 4) is 17.2 Å². The Morgan fingerprint density at radius 2 is 1.76 bits per heavy atom. The summed E-state index contributed by atoms with van der Waals surface area (Å²) < 4.78 is 61.2. The SMILES string of the molecule is Cc1c([C@@H](NC(=O)N2CCN(CCCNC(=O)c3ccnc(F)c3F)C(=O)C2=O)C(=O)N[C@H]2Cc3ccc(F)c(C(=O)O)c3OB2O)cc(F)c(O)c1O. The van der Waals surface area contributed by atoms with Crippen molar-refractivity contribution in [2.45, 2.75) is 31.7 Å². The van der Waals surface area contributed by atoms with Gasteiger partial charge in [-0.15, -0.1) is 0 Å². The zero-order valence-corrected chi connectivity index (χ0v) is 27.9. The van der Waals surface area contributed by atoms with Crippen molar-refractivity contribution in [2.75, 3.05) is 26.2 Å². The highest BCUT2D eigenvalue weighted by molar-refractivity contribution is 6.47. The lowest BCUT2D eigenvalue weighted by molar-refractivity contribution is -0.153. The molecule has 6 amide bonds. The average Bonchev–Trinajstić information content (AvgIpc) is 3.12. The third-order valence-corrected chi connectivity index (χ3v) is 8.65. The molecule has 3 aromatic rings. The maximum atomic E-state index is 14.6. The van der Waals surface area contributed by atoms with Gasteiger partial charge in [0, 0.05) is 37.9 Å². The van der Waals surface area contributed by atoms with Gasteiger partial charge in [0.25, 0.3) is 5.91 Å². The summed E-state index contributed by atoms with van der Waals surface area (Å²) in [4.78, 5) is 81.5. The zero-order valence-electron chi connectivity index (χ0n) is 27.9. The highest BCUT2D eigenvalue weighted by Crippen LogP contribution is 2.37. The number of carbonyl (C=O) groups excluding carboxylic acids is 5. The lowest BCUT2D eigenvalue weighted by Gasteiger charge is -2.34. The van der Waals surface area contributed by atoms with Gasteiger partial charge < -0.3 is 45.8 Å². The molecule has 2 aliphatic heterocycles. The first kappa shape index (κ1) is 38.8. The van der Waals surface area contributed by atoms with Gasteiger partial charge in [-0.3, -0.25) is 24.1 Å². The van der Waals surface area contributed by atoms with Gasteiger partial charge >= 0.3 is 30.9 Å². The number of phenols is 2. The molecule has 2 atom stereocenters. The minimum atomic E-state index is -1.97. The molecule has 0 bridgehead atoms. The molecule has 1 aromatic heterocycles. The number of rotatable bonds is 10. The van der Waals surface area contributed by atoms with Gasteiger partial charge in [-0.1, -0.05) is 6.07 Å². The summed E-state index contributed by atoms with van der Waals surface area (Å²) in [6.07, 6.45) is 0.627. The molecule has 1 saturated heterocycles. The Morgan fingerprint density at radius 1 is 1.04 bits per heavy atom. The van der Waals surface area contributed by atoms with Crippen LogP contribution in [0.3, 0.4) is 0 Å². The van der Waals surface area contributed by atoms with Crippen LogP contribution in [0.15, 0.2) is 30.5 Å². The summed E-state index contributed by atoms with van der Waals surface area (Å²) in [5.41, 5.74) is -2.12. The number of aromatic nitrogens is 1. The Hall–Kier alpha value is -6.45. The standard InChI is InChI=1S/C32H29BF4N6O11/c1-13-16(12-18(35)24(45)23(13)44)22(28(47)40-19-11-14-3-4-17(34)20(31(50)51)25(14)54-33(19)53)41-32(52)43-10-9-42(29(48)30(43)49)8-2-6-39-27(46)15-5-7-38-26(37)21(15)36/h3-5,7,12,19,22,44-45,53H,2,6,8-11H2,1H3,(H,39,46)(H,40,47)(H,41,52)(H,50,51)/t19-,22+/m0/s1. The smallest absolute Gasteiger partial charge is 0.534 e. The Labute approximate surface area is 301 Å². The highest BCUT2D eigenvalue weighted by Gasteiger charge is 2.42. The van der Waals surface area contributed by atoms with E-state index in [2.05, 4.69) is 20.9 Å². The van der Waals surface area contributed by atoms with Crippen LogP contribution in [0.2, 0.25) is 0 Å². The number of hydrogen-bond acceptors (Lipinski definition) is 11. The molecule has 2 aromatic carbocycles. The maximum absolute atomic E-state index is 14.6. The van der Waals surface area contributed by atoms with Gasteiger partial charge in [-0.25, -0.2) is 27.7 Å². The van der Waals surface area contributed by atoms with E-state index in [1.165, 1.54) is 0 Å². The van der Waals surface area contributed by atoms with Gasteiger partial charge in [-0.2, -0.15) is 4.39 Å². The maximum Gasteiger partial charge on any atom is 0.547 e. The Bertz CT molecular complexity index is 2080. The number of aromatic hydroxyl groups is 2. The van der Waals surface area contributed by atoms with E-state index in [0.717, 1.165) is 36.2 Å². The number of nitrogens with zero attached hydrogens (tertiary/aromatic N) is 3. The number of carboxylic acid groups (broad SMARTS) is 1. The number of phenolic OH excluding ortho intramolecular Hbond substituents is 2. The second-order valence-electron chi connectivity index (χ2n) is 12.0. The van der Waals surface area contributed by atoms with Crippen molar-refractivity contribution in [1.82, 2.24) is 30.7 Å². The number of pyridine rings is 1. The largest absolute Gasteiger partial charge is 0.547 e. The van der Waals surface area contributed by atoms with Crippen LogP contribution in [0, 0.1) is 30.3 Å². The molecule has 7 N–H and O–H groups in total. The van der Waals surface area contributed by atoms with Crippen molar-refractivity contribution >= 4 is 42.7 Å². The monoisotopic (exact) mass is 760 g/mol. The van der Waals surface area contributed by atoms with Crippen LogP contribution in [-0.4, -0.2) is 110 Å². The number of urea groups is 1. The normalized spacial score (nSPS) is 16.0. The molecule has 0 spiro atoms. The van der Waals surface area contributed by atoms with Gasteiger partial charge in [-0.05, 0) is 49.1 Å². The number of hydrogen-bond donors (Lipinski definition) is 7. The van der Waals surface area contributed by atoms with Crippen molar-refractivity contribution in [3.05, 3.63) is 81.7 Å². The van der Waals surface area contributed by atoms with Gasteiger partial charge in [0.2, 0.25) is 11.9 Å². The molecular formula is C32H29BF4N6O11. The van der Waals surface area contributed by atoms with E-state index in [1.807, 2.05) is 0 Å². The number of amides is 6. The predicted octanol–water partition coefficient (Wildman–Crippen LogP) is 0.437. The number of aromatic carboxylic acids is 1. The molecule has 54 heavy (non-hydrogen) atoms. The molecule has 3 heterocycles. The Kier molecular flexibility index (Phi) is 11.2. The fourth-order valence-electron chi connectivity index (χ4n) is 5.79. The molecule has 0 unspecified atom stereocenters. The molecule has 17 nitrogen and oxygen atoms in total. The molecule has 0 saturated carbocycles. The number of carboxylic acids is 1. The third kappa shape index (κ3) is 7.67. The van der Waals surface area contributed by atoms with Crippen molar-refractivity contribution in [3.63, 3.8) is 0 Å². The van der Waals surface area contributed by atoms with Crippen LogP contribution < -0.4 is 20.6 Å². The van der Waals surface area contributed by atoms with Gasteiger partial charge in [0.1, 0.15) is 23.2 Å². The number of benzene rings is 2. The van der Waals surface area contributed by atoms with Crippen molar-refractivity contribution in [2.24, 2.45) is 0 Å². The highest BCUT2D eigenvalue weighted by atomic mass is 19.2. The topological polar surface area (TPSA) is 248 Å². The summed E-state index contributed by atoms with van der Waals surface area (Å²) >= 11 is 0. The Morgan fingerprint density at radius 3 is 2.46 bits per heavy atom. The first-order valence-corrected chi connectivity index (χ1v) is 15.9. The molecule has 2 aliphatic rings. The van der Waals surface area contributed by atoms with Crippen LogP contribution in [0.5, 0.6) is 17.2 Å². The fourth-order valence-corrected chi connectivity index (χ4v) is 5.79. The zero-order chi connectivity index (χ0) is 39.6. The number of piperazine rings is 1.